The van der Waals surface area contributed by atoms with Gasteiger partial charge in [0.2, 0.25) is 5.91 Å². The average Bonchev–Trinajstić information content (AvgIpc) is 2.83. The summed E-state index contributed by atoms with van der Waals surface area (Å²) in [5.41, 5.74) is -0.687. The van der Waals surface area contributed by atoms with Crippen molar-refractivity contribution in [2.24, 2.45) is 5.92 Å². The van der Waals surface area contributed by atoms with Gasteiger partial charge in [-0.3, -0.25) is 14.5 Å². The van der Waals surface area contributed by atoms with E-state index in [1.165, 1.54) is 37.0 Å². The van der Waals surface area contributed by atoms with Crippen LogP contribution in [-0.2, 0) is 9.59 Å². The van der Waals surface area contributed by atoms with Crippen LogP contribution in [0.5, 0.6) is 0 Å². The Bertz CT molecular complexity index is 494. The molecule has 1 heterocycles. The third-order valence-electron chi connectivity index (χ3n) is 5.83. The molecular weight excluding hydrogens is 306 g/mol. The molecule has 6 nitrogen and oxygen atoms in total. The summed E-state index contributed by atoms with van der Waals surface area (Å²) in [6, 6.07) is -0.331. The Labute approximate surface area is 143 Å². The highest BCUT2D eigenvalue weighted by molar-refractivity contribution is 6.07. The Morgan fingerprint density at radius 2 is 1.75 bits per heavy atom. The number of hydrogen-bond donors (Lipinski definition) is 2. The number of amides is 4. The maximum Gasteiger partial charge on any atom is 0.325 e. The molecule has 24 heavy (non-hydrogen) atoms. The van der Waals surface area contributed by atoms with Crippen LogP contribution in [-0.4, -0.2) is 41.4 Å². The maximum absolute atomic E-state index is 12.6. The predicted octanol–water partition coefficient (Wildman–Crippen LogP) is 2.33. The van der Waals surface area contributed by atoms with Crippen LogP contribution in [0, 0.1) is 5.92 Å². The number of hydrogen-bond acceptors (Lipinski definition) is 3. The third-order valence-corrected chi connectivity index (χ3v) is 5.83. The molecule has 1 aliphatic heterocycles. The lowest BCUT2D eigenvalue weighted by Gasteiger charge is -2.30. The van der Waals surface area contributed by atoms with Gasteiger partial charge < -0.3 is 10.6 Å². The van der Waals surface area contributed by atoms with Gasteiger partial charge in [0.1, 0.15) is 5.54 Å². The summed E-state index contributed by atoms with van der Waals surface area (Å²) in [5.74, 6) is 0.392. The molecule has 1 saturated heterocycles. The van der Waals surface area contributed by atoms with Gasteiger partial charge in [0.05, 0.1) is 0 Å². The summed E-state index contributed by atoms with van der Waals surface area (Å²) in [6.45, 7) is 0.909. The van der Waals surface area contributed by atoms with Crippen LogP contribution in [0.25, 0.3) is 0 Å². The number of carbonyl (C=O) groups is 3. The second-order valence-corrected chi connectivity index (χ2v) is 7.59. The maximum atomic E-state index is 12.6. The fourth-order valence-corrected chi connectivity index (χ4v) is 4.32. The SMILES string of the molecule is O=C(CCN1C(=O)NC2(CCCCC2)C1=O)NCC1CCCCC1. The number of nitrogens with one attached hydrogen (secondary N) is 2. The molecule has 4 amide bonds. The Balaban J connectivity index is 1.44. The molecule has 0 bridgehead atoms. The molecule has 6 heteroatoms. The number of rotatable bonds is 5. The van der Waals surface area contributed by atoms with E-state index in [4.69, 9.17) is 0 Å². The minimum absolute atomic E-state index is 0.0641. The number of carbonyl (C=O) groups excluding carboxylic acids is 3. The fraction of sp³-hybridized carbons (Fsp3) is 0.833. The van der Waals surface area contributed by atoms with Gasteiger partial charge in [0.15, 0.2) is 0 Å². The van der Waals surface area contributed by atoms with E-state index >= 15 is 0 Å². The van der Waals surface area contributed by atoms with Crippen LogP contribution in [0.15, 0.2) is 0 Å². The second kappa shape index (κ2) is 7.53. The number of urea groups is 1. The molecule has 1 spiro atoms. The molecule has 0 aromatic heterocycles. The molecule has 2 aliphatic carbocycles. The van der Waals surface area contributed by atoms with Gasteiger partial charge in [-0.1, -0.05) is 38.5 Å². The Morgan fingerprint density at radius 3 is 2.46 bits per heavy atom. The van der Waals surface area contributed by atoms with Crippen molar-refractivity contribution in [3.8, 4) is 0 Å². The first-order valence-corrected chi connectivity index (χ1v) is 9.51. The predicted molar refractivity (Wildman–Crippen MR) is 90.3 cm³/mol. The van der Waals surface area contributed by atoms with E-state index in [-0.39, 0.29) is 30.8 Å². The summed E-state index contributed by atoms with van der Waals surface area (Å²) in [7, 11) is 0. The monoisotopic (exact) mass is 335 g/mol. The summed E-state index contributed by atoms with van der Waals surface area (Å²) in [5, 5.41) is 5.85. The summed E-state index contributed by atoms with van der Waals surface area (Å²) < 4.78 is 0. The topological polar surface area (TPSA) is 78.5 Å². The van der Waals surface area contributed by atoms with Gasteiger partial charge in [-0.05, 0) is 31.6 Å². The molecular formula is C18H29N3O3. The highest BCUT2D eigenvalue weighted by Gasteiger charge is 2.50. The molecule has 0 aromatic rings. The van der Waals surface area contributed by atoms with Crippen LogP contribution >= 0.6 is 0 Å². The smallest absolute Gasteiger partial charge is 0.325 e. The fourth-order valence-electron chi connectivity index (χ4n) is 4.32. The average molecular weight is 335 g/mol. The highest BCUT2D eigenvalue weighted by Crippen LogP contribution is 2.33. The minimum Gasteiger partial charge on any atom is -0.356 e. The molecule has 0 unspecified atom stereocenters. The van der Waals surface area contributed by atoms with Gasteiger partial charge in [0.25, 0.3) is 5.91 Å². The number of imide groups is 1. The van der Waals surface area contributed by atoms with E-state index in [2.05, 4.69) is 10.6 Å². The standard InChI is InChI=1S/C18H29N3O3/c22-15(19-13-14-7-3-1-4-8-14)9-12-21-16(23)18(20-17(21)24)10-5-2-6-11-18/h14H,1-13H2,(H,19,22)(H,20,24). The first-order chi connectivity index (χ1) is 11.6. The lowest BCUT2D eigenvalue weighted by molar-refractivity contribution is -0.132. The van der Waals surface area contributed by atoms with Crippen molar-refractivity contribution in [3.63, 3.8) is 0 Å². The van der Waals surface area contributed by atoms with Crippen molar-refractivity contribution in [2.45, 2.75) is 76.2 Å². The van der Waals surface area contributed by atoms with Gasteiger partial charge >= 0.3 is 6.03 Å². The lowest BCUT2D eigenvalue weighted by Crippen LogP contribution is -2.48. The molecule has 3 aliphatic rings. The van der Waals surface area contributed by atoms with Gasteiger partial charge in [-0.2, -0.15) is 0 Å². The second-order valence-electron chi connectivity index (χ2n) is 7.59. The Kier molecular flexibility index (Phi) is 5.41. The molecule has 134 valence electrons. The zero-order valence-corrected chi connectivity index (χ0v) is 14.4. The van der Waals surface area contributed by atoms with E-state index in [9.17, 15) is 14.4 Å². The zero-order chi connectivity index (χ0) is 17.0. The highest BCUT2D eigenvalue weighted by atomic mass is 16.2. The van der Waals surface area contributed by atoms with Crippen molar-refractivity contribution in [2.75, 3.05) is 13.1 Å². The lowest BCUT2D eigenvalue weighted by atomic mass is 9.82. The summed E-state index contributed by atoms with van der Waals surface area (Å²) in [6.07, 6.45) is 10.9. The van der Waals surface area contributed by atoms with Gasteiger partial charge in [-0.15, -0.1) is 0 Å². The van der Waals surface area contributed by atoms with Crippen molar-refractivity contribution in [1.29, 1.82) is 0 Å². The summed E-state index contributed by atoms with van der Waals surface area (Å²) in [4.78, 5) is 38.0. The van der Waals surface area contributed by atoms with Crippen LogP contribution in [0.3, 0.4) is 0 Å². The molecule has 0 atom stereocenters. The van der Waals surface area contributed by atoms with E-state index in [1.54, 1.807) is 0 Å². The molecule has 0 radical (unpaired) electrons. The normalized spacial score (nSPS) is 24.2. The Morgan fingerprint density at radius 1 is 1.08 bits per heavy atom. The van der Waals surface area contributed by atoms with Crippen LogP contribution in [0.4, 0.5) is 4.79 Å². The quantitative estimate of drug-likeness (QED) is 0.757. The summed E-state index contributed by atoms with van der Waals surface area (Å²) >= 11 is 0. The van der Waals surface area contributed by atoms with E-state index in [0.717, 1.165) is 38.6 Å². The van der Waals surface area contributed by atoms with Gasteiger partial charge in [0, 0.05) is 19.5 Å². The first-order valence-electron chi connectivity index (χ1n) is 9.51. The zero-order valence-electron chi connectivity index (χ0n) is 14.4. The molecule has 2 saturated carbocycles. The molecule has 3 fully saturated rings. The largest absolute Gasteiger partial charge is 0.356 e. The van der Waals surface area contributed by atoms with Crippen LogP contribution in [0.2, 0.25) is 0 Å². The van der Waals surface area contributed by atoms with E-state index in [0.29, 0.717) is 5.92 Å². The van der Waals surface area contributed by atoms with Crippen LogP contribution in [0.1, 0.15) is 70.6 Å². The van der Waals surface area contributed by atoms with E-state index in [1.807, 2.05) is 0 Å². The van der Waals surface area contributed by atoms with Crippen molar-refractivity contribution in [1.82, 2.24) is 15.5 Å². The van der Waals surface area contributed by atoms with Gasteiger partial charge in [-0.25, -0.2) is 4.79 Å². The minimum atomic E-state index is -0.687. The molecule has 2 N–H and O–H groups in total. The Hall–Kier alpha value is -1.59. The number of nitrogens with zero attached hydrogens (tertiary/aromatic N) is 1. The van der Waals surface area contributed by atoms with Crippen molar-refractivity contribution in [3.05, 3.63) is 0 Å². The van der Waals surface area contributed by atoms with Crippen molar-refractivity contribution < 1.29 is 14.4 Å². The van der Waals surface area contributed by atoms with E-state index < -0.39 is 5.54 Å². The van der Waals surface area contributed by atoms with Crippen molar-refractivity contribution >= 4 is 17.8 Å². The van der Waals surface area contributed by atoms with Crippen LogP contribution < -0.4 is 10.6 Å². The third kappa shape index (κ3) is 3.73. The first kappa shape index (κ1) is 17.2. The molecule has 3 rings (SSSR count). The molecule has 0 aromatic carbocycles.